The standard InChI is InChI=1S/C16H21N3O2/c1-10-7-13-5-6-19(14(13)8-11(10)2)12(3)16-17-15(9-20-4)18-21-16/h7-8,12H,5-6,9H2,1-4H3/t12-/m0/s1. The molecule has 0 unspecified atom stereocenters. The van der Waals surface area contributed by atoms with E-state index < -0.39 is 0 Å². The van der Waals surface area contributed by atoms with Gasteiger partial charge < -0.3 is 14.2 Å². The third kappa shape index (κ3) is 2.53. The van der Waals surface area contributed by atoms with Crippen LogP contribution in [-0.4, -0.2) is 23.8 Å². The van der Waals surface area contributed by atoms with E-state index in [0.717, 1.165) is 13.0 Å². The molecule has 2 heterocycles. The normalized spacial score (nSPS) is 15.3. The van der Waals surface area contributed by atoms with Crippen molar-refractivity contribution in [1.29, 1.82) is 0 Å². The molecule has 1 aliphatic rings. The zero-order valence-electron chi connectivity index (χ0n) is 13.0. The lowest BCUT2D eigenvalue weighted by Gasteiger charge is -2.24. The summed E-state index contributed by atoms with van der Waals surface area (Å²) in [6.45, 7) is 7.79. The number of ether oxygens (including phenoxy) is 1. The minimum Gasteiger partial charge on any atom is -0.377 e. The van der Waals surface area contributed by atoms with Crippen molar-refractivity contribution in [1.82, 2.24) is 10.1 Å². The van der Waals surface area contributed by atoms with Gasteiger partial charge in [-0.1, -0.05) is 11.2 Å². The van der Waals surface area contributed by atoms with Gasteiger partial charge in [-0.2, -0.15) is 4.98 Å². The number of hydrogen-bond acceptors (Lipinski definition) is 5. The van der Waals surface area contributed by atoms with Gasteiger partial charge in [0.1, 0.15) is 12.6 Å². The van der Waals surface area contributed by atoms with Crippen LogP contribution in [0.3, 0.4) is 0 Å². The fourth-order valence-electron chi connectivity index (χ4n) is 2.85. The maximum Gasteiger partial charge on any atom is 0.249 e. The highest BCUT2D eigenvalue weighted by Gasteiger charge is 2.28. The first-order chi connectivity index (χ1) is 10.1. The SMILES string of the molecule is COCc1noc([C@H](C)N2CCc3cc(C)c(C)cc32)n1. The third-order valence-electron chi connectivity index (χ3n) is 4.21. The number of nitrogens with zero attached hydrogens (tertiary/aromatic N) is 3. The summed E-state index contributed by atoms with van der Waals surface area (Å²) in [5.41, 5.74) is 5.36. The van der Waals surface area contributed by atoms with Crippen molar-refractivity contribution in [3.63, 3.8) is 0 Å². The highest BCUT2D eigenvalue weighted by atomic mass is 16.5. The number of aryl methyl sites for hydroxylation is 2. The van der Waals surface area contributed by atoms with Crippen LogP contribution >= 0.6 is 0 Å². The Morgan fingerprint density at radius 1 is 1.33 bits per heavy atom. The Morgan fingerprint density at radius 3 is 2.86 bits per heavy atom. The first-order valence-corrected chi connectivity index (χ1v) is 7.28. The van der Waals surface area contributed by atoms with Gasteiger partial charge in [-0.05, 0) is 49.9 Å². The molecule has 3 rings (SSSR count). The first kappa shape index (κ1) is 14.1. The average molecular weight is 287 g/mol. The van der Waals surface area contributed by atoms with Gasteiger partial charge in [0.2, 0.25) is 5.89 Å². The molecule has 1 aromatic carbocycles. The Labute approximate surface area is 124 Å². The molecule has 0 bridgehead atoms. The fraction of sp³-hybridized carbons (Fsp3) is 0.500. The summed E-state index contributed by atoms with van der Waals surface area (Å²) in [5, 5.41) is 3.95. The summed E-state index contributed by atoms with van der Waals surface area (Å²) in [4.78, 5) is 6.75. The van der Waals surface area contributed by atoms with E-state index in [-0.39, 0.29) is 6.04 Å². The predicted octanol–water partition coefficient (Wildman–Crippen LogP) is 2.96. The van der Waals surface area contributed by atoms with E-state index in [1.165, 1.54) is 22.4 Å². The van der Waals surface area contributed by atoms with Crippen molar-refractivity contribution in [3.05, 3.63) is 40.5 Å². The molecule has 0 N–H and O–H groups in total. The Kier molecular flexibility index (Phi) is 3.68. The molecule has 21 heavy (non-hydrogen) atoms. The second-order valence-electron chi connectivity index (χ2n) is 5.67. The molecule has 0 saturated carbocycles. The van der Waals surface area contributed by atoms with E-state index >= 15 is 0 Å². The van der Waals surface area contributed by atoms with Gasteiger partial charge >= 0.3 is 0 Å². The molecule has 0 fully saturated rings. The monoisotopic (exact) mass is 287 g/mol. The summed E-state index contributed by atoms with van der Waals surface area (Å²) < 4.78 is 10.4. The van der Waals surface area contributed by atoms with Crippen LogP contribution in [0, 0.1) is 13.8 Å². The Morgan fingerprint density at radius 2 is 2.10 bits per heavy atom. The summed E-state index contributed by atoms with van der Waals surface area (Å²) in [5.74, 6) is 1.24. The van der Waals surface area contributed by atoms with E-state index in [2.05, 4.69) is 47.9 Å². The number of benzene rings is 1. The summed E-state index contributed by atoms with van der Waals surface area (Å²) >= 11 is 0. The number of anilines is 1. The van der Waals surface area contributed by atoms with Crippen LogP contribution in [0.2, 0.25) is 0 Å². The topological polar surface area (TPSA) is 51.4 Å². The molecule has 0 spiro atoms. The zero-order chi connectivity index (χ0) is 15.0. The number of hydrogen-bond donors (Lipinski definition) is 0. The van der Waals surface area contributed by atoms with Crippen LogP contribution < -0.4 is 4.90 Å². The van der Waals surface area contributed by atoms with Crippen molar-refractivity contribution < 1.29 is 9.26 Å². The fourth-order valence-corrected chi connectivity index (χ4v) is 2.85. The molecule has 112 valence electrons. The molecule has 0 radical (unpaired) electrons. The number of aromatic nitrogens is 2. The average Bonchev–Trinajstić information content (AvgIpc) is 3.06. The second-order valence-corrected chi connectivity index (χ2v) is 5.67. The van der Waals surface area contributed by atoms with Gasteiger partial charge in [-0.15, -0.1) is 0 Å². The first-order valence-electron chi connectivity index (χ1n) is 7.28. The lowest BCUT2D eigenvalue weighted by molar-refractivity contribution is 0.174. The maximum absolute atomic E-state index is 5.38. The predicted molar refractivity (Wildman–Crippen MR) is 80.4 cm³/mol. The van der Waals surface area contributed by atoms with Crippen molar-refractivity contribution >= 4 is 5.69 Å². The molecule has 0 amide bonds. The molecule has 0 saturated heterocycles. The van der Waals surface area contributed by atoms with Gasteiger partial charge in [0, 0.05) is 19.3 Å². The Bertz CT molecular complexity index is 651. The minimum atomic E-state index is 0.0754. The molecular formula is C16H21N3O2. The zero-order valence-corrected chi connectivity index (χ0v) is 13.0. The molecule has 5 nitrogen and oxygen atoms in total. The molecule has 1 atom stereocenters. The van der Waals surface area contributed by atoms with Crippen molar-refractivity contribution in [2.45, 2.75) is 39.8 Å². The van der Waals surface area contributed by atoms with Crippen LogP contribution in [0.5, 0.6) is 0 Å². The number of fused-ring (bicyclic) bond motifs is 1. The molecule has 1 aromatic heterocycles. The van der Waals surface area contributed by atoms with Crippen LogP contribution in [0.25, 0.3) is 0 Å². The Balaban J connectivity index is 1.87. The van der Waals surface area contributed by atoms with E-state index in [4.69, 9.17) is 9.26 Å². The maximum atomic E-state index is 5.38. The Hall–Kier alpha value is -1.88. The van der Waals surface area contributed by atoms with Crippen molar-refractivity contribution in [2.24, 2.45) is 0 Å². The highest BCUT2D eigenvalue weighted by molar-refractivity contribution is 5.61. The van der Waals surface area contributed by atoms with E-state index in [1.807, 2.05) is 0 Å². The molecule has 5 heteroatoms. The summed E-state index contributed by atoms with van der Waals surface area (Å²) in [6, 6.07) is 4.63. The van der Waals surface area contributed by atoms with E-state index in [1.54, 1.807) is 7.11 Å². The largest absolute Gasteiger partial charge is 0.377 e. The van der Waals surface area contributed by atoms with Gasteiger partial charge in [0.05, 0.1) is 0 Å². The number of rotatable bonds is 4. The van der Waals surface area contributed by atoms with Crippen LogP contribution in [0.15, 0.2) is 16.7 Å². The molecule has 0 aliphatic carbocycles. The van der Waals surface area contributed by atoms with Gasteiger partial charge in [0.25, 0.3) is 0 Å². The van der Waals surface area contributed by atoms with Gasteiger partial charge in [-0.3, -0.25) is 0 Å². The van der Waals surface area contributed by atoms with Crippen molar-refractivity contribution in [2.75, 3.05) is 18.6 Å². The second kappa shape index (κ2) is 5.48. The van der Waals surface area contributed by atoms with Gasteiger partial charge in [0.15, 0.2) is 5.82 Å². The lowest BCUT2D eigenvalue weighted by atomic mass is 10.0. The van der Waals surface area contributed by atoms with E-state index in [0.29, 0.717) is 18.3 Å². The minimum absolute atomic E-state index is 0.0754. The van der Waals surface area contributed by atoms with Crippen LogP contribution in [-0.2, 0) is 17.8 Å². The van der Waals surface area contributed by atoms with Crippen LogP contribution in [0.1, 0.15) is 41.4 Å². The quantitative estimate of drug-likeness (QED) is 0.865. The lowest BCUT2D eigenvalue weighted by Crippen LogP contribution is -2.24. The summed E-state index contributed by atoms with van der Waals surface area (Å²) in [6.07, 6.45) is 1.07. The smallest absolute Gasteiger partial charge is 0.249 e. The highest BCUT2D eigenvalue weighted by Crippen LogP contribution is 2.36. The molecule has 2 aromatic rings. The van der Waals surface area contributed by atoms with Gasteiger partial charge in [-0.25, -0.2) is 0 Å². The molecular weight excluding hydrogens is 266 g/mol. The summed E-state index contributed by atoms with van der Waals surface area (Å²) in [7, 11) is 1.63. The third-order valence-corrected chi connectivity index (χ3v) is 4.21. The number of methoxy groups -OCH3 is 1. The van der Waals surface area contributed by atoms with Crippen molar-refractivity contribution in [3.8, 4) is 0 Å². The van der Waals surface area contributed by atoms with Crippen LogP contribution in [0.4, 0.5) is 5.69 Å². The molecule has 1 aliphatic heterocycles. The van der Waals surface area contributed by atoms with E-state index in [9.17, 15) is 0 Å².